The van der Waals surface area contributed by atoms with Gasteiger partial charge in [-0.05, 0) is 31.2 Å². The van der Waals surface area contributed by atoms with E-state index >= 15 is 0 Å². The van der Waals surface area contributed by atoms with Crippen LogP contribution in [0.3, 0.4) is 0 Å². The van der Waals surface area contributed by atoms with Gasteiger partial charge in [-0.15, -0.1) is 0 Å². The normalized spacial score (nSPS) is 9.40. The minimum absolute atomic E-state index is 0.288. The highest BCUT2D eigenvalue weighted by Gasteiger charge is 2.06. The molecule has 0 aliphatic rings. The minimum atomic E-state index is -0.890. The van der Waals surface area contributed by atoms with Gasteiger partial charge in [-0.25, -0.2) is 9.59 Å². The Kier molecular flexibility index (Phi) is 3.68. The van der Waals surface area contributed by atoms with Crippen molar-refractivity contribution < 1.29 is 19.1 Å². The van der Waals surface area contributed by atoms with E-state index in [1.807, 2.05) is 0 Å². The maximum atomic E-state index is 11.2. The summed E-state index contributed by atoms with van der Waals surface area (Å²) in [4.78, 5) is 21.6. The maximum Gasteiger partial charge on any atom is 0.409 e. The summed E-state index contributed by atoms with van der Waals surface area (Å²) in [6.45, 7) is 2.04. The van der Waals surface area contributed by atoms with E-state index in [1.165, 1.54) is 24.3 Å². The fourth-order valence-electron chi connectivity index (χ4n) is 0.990. The first-order valence-electron chi connectivity index (χ1n) is 4.38. The summed E-state index contributed by atoms with van der Waals surface area (Å²) < 4.78 is 9.37. The smallest absolute Gasteiger partial charge is 0.409 e. The van der Waals surface area contributed by atoms with Gasteiger partial charge in [0.15, 0.2) is 0 Å². The first kappa shape index (κ1) is 11.0. The molecule has 0 atom stereocenters. The number of hydrogen-bond acceptors (Lipinski definition) is 4. The molecule has 1 amide bonds. The zero-order valence-electron chi connectivity index (χ0n) is 8.23. The molecule has 0 radical (unpaired) electrons. The molecule has 0 aromatic heterocycles. The van der Waals surface area contributed by atoms with E-state index in [2.05, 4.69) is 4.74 Å². The van der Waals surface area contributed by atoms with Gasteiger partial charge in [0.25, 0.3) is 0 Å². The fourth-order valence-corrected chi connectivity index (χ4v) is 0.990. The lowest BCUT2D eigenvalue weighted by Gasteiger charge is -2.03. The number of ether oxygens (including phenoxy) is 2. The molecule has 0 heterocycles. The number of rotatable bonds is 3. The van der Waals surface area contributed by atoms with Crippen molar-refractivity contribution in [3.05, 3.63) is 29.8 Å². The third kappa shape index (κ3) is 3.30. The average molecular weight is 209 g/mol. The van der Waals surface area contributed by atoms with Crippen molar-refractivity contribution in [1.29, 1.82) is 0 Å². The third-order valence-corrected chi connectivity index (χ3v) is 1.58. The summed E-state index contributed by atoms with van der Waals surface area (Å²) in [5.74, 6) is -0.126. The Bertz CT molecular complexity index is 358. The molecule has 0 unspecified atom stereocenters. The van der Waals surface area contributed by atoms with Crippen molar-refractivity contribution in [1.82, 2.24) is 0 Å². The van der Waals surface area contributed by atoms with Crippen molar-refractivity contribution in [3.63, 3.8) is 0 Å². The van der Waals surface area contributed by atoms with Crippen LogP contribution in [0, 0.1) is 0 Å². The van der Waals surface area contributed by atoms with Gasteiger partial charge in [0.05, 0.1) is 12.2 Å². The van der Waals surface area contributed by atoms with Gasteiger partial charge in [0.1, 0.15) is 5.75 Å². The highest BCUT2D eigenvalue weighted by Crippen LogP contribution is 2.12. The van der Waals surface area contributed by atoms with Crippen LogP contribution in [0.25, 0.3) is 0 Å². The topological polar surface area (TPSA) is 78.6 Å². The van der Waals surface area contributed by atoms with Crippen LogP contribution in [0.15, 0.2) is 24.3 Å². The summed E-state index contributed by atoms with van der Waals surface area (Å²) in [6, 6.07) is 5.93. The Morgan fingerprint density at radius 2 is 1.87 bits per heavy atom. The second kappa shape index (κ2) is 4.99. The van der Waals surface area contributed by atoms with E-state index in [1.54, 1.807) is 6.92 Å². The quantitative estimate of drug-likeness (QED) is 0.761. The zero-order chi connectivity index (χ0) is 11.3. The van der Waals surface area contributed by atoms with E-state index in [9.17, 15) is 9.59 Å². The van der Waals surface area contributed by atoms with Crippen molar-refractivity contribution in [2.24, 2.45) is 5.73 Å². The molecule has 0 fully saturated rings. The molecule has 5 nitrogen and oxygen atoms in total. The van der Waals surface area contributed by atoms with E-state index in [0.29, 0.717) is 12.2 Å². The van der Waals surface area contributed by atoms with E-state index in [-0.39, 0.29) is 5.75 Å². The fraction of sp³-hybridized carbons (Fsp3) is 0.200. The van der Waals surface area contributed by atoms with Crippen molar-refractivity contribution in [2.75, 3.05) is 6.61 Å². The summed E-state index contributed by atoms with van der Waals surface area (Å²) in [6.07, 6.45) is -0.890. The maximum absolute atomic E-state index is 11.2. The molecule has 1 aromatic rings. The number of amides is 1. The Morgan fingerprint density at radius 1 is 1.27 bits per heavy atom. The molecule has 80 valence electrons. The monoisotopic (exact) mass is 209 g/mol. The molecule has 1 rings (SSSR count). The van der Waals surface area contributed by atoms with Gasteiger partial charge < -0.3 is 15.2 Å². The van der Waals surface area contributed by atoms with Gasteiger partial charge in [-0.1, -0.05) is 0 Å². The Labute approximate surface area is 86.8 Å². The number of esters is 1. The second-order valence-electron chi connectivity index (χ2n) is 2.67. The minimum Gasteiger partial charge on any atom is -0.462 e. The van der Waals surface area contributed by atoms with Crippen molar-refractivity contribution in [2.45, 2.75) is 6.92 Å². The van der Waals surface area contributed by atoms with Crippen LogP contribution in [0.2, 0.25) is 0 Å². The number of carbonyl (C=O) groups is 2. The third-order valence-electron chi connectivity index (χ3n) is 1.58. The van der Waals surface area contributed by atoms with Crippen LogP contribution in [0.4, 0.5) is 4.79 Å². The number of carbonyl (C=O) groups excluding carboxylic acids is 2. The molecular formula is C10H11NO4. The van der Waals surface area contributed by atoms with Gasteiger partial charge in [0.2, 0.25) is 0 Å². The Morgan fingerprint density at radius 3 is 2.33 bits per heavy atom. The van der Waals surface area contributed by atoms with Gasteiger partial charge >= 0.3 is 12.1 Å². The number of nitrogens with two attached hydrogens (primary N) is 1. The highest BCUT2D eigenvalue weighted by atomic mass is 16.5. The van der Waals surface area contributed by atoms with Gasteiger partial charge in [-0.2, -0.15) is 0 Å². The van der Waals surface area contributed by atoms with Crippen LogP contribution in [-0.2, 0) is 4.74 Å². The number of benzene rings is 1. The molecule has 0 aliphatic carbocycles. The SMILES string of the molecule is CCOC(=O)c1ccc(OC(N)=O)cc1. The first-order valence-corrected chi connectivity index (χ1v) is 4.38. The van der Waals surface area contributed by atoms with E-state index in [0.717, 1.165) is 0 Å². The summed E-state index contributed by atoms with van der Waals surface area (Å²) in [5, 5.41) is 0. The molecule has 15 heavy (non-hydrogen) atoms. The predicted octanol–water partition coefficient (Wildman–Crippen LogP) is 1.32. The lowest BCUT2D eigenvalue weighted by Crippen LogP contribution is -2.16. The molecule has 5 heteroatoms. The van der Waals surface area contributed by atoms with Crippen LogP contribution in [0.1, 0.15) is 17.3 Å². The Balaban J connectivity index is 2.71. The van der Waals surface area contributed by atoms with Gasteiger partial charge in [-0.3, -0.25) is 0 Å². The van der Waals surface area contributed by atoms with E-state index in [4.69, 9.17) is 10.5 Å². The van der Waals surface area contributed by atoms with Crippen LogP contribution in [-0.4, -0.2) is 18.7 Å². The summed E-state index contributed by atoms with van der Waals surface area (Å²) in [5.41, 5.74) is 5.21. The van der Waals surface area contributed by atoms with Crippen molar-refractivity contribution >= 4 is 12.1 Å². The highest BCUT2D eigenvalue weighted by molar-refractivity contribution is 5.89. The van der Waals surface area contributed by atoms with Crippen LogP contribution < -0.4 is 10.5 Å². The lowest BCUT2D eigenvalue weighted by molar-refractivity contribution is 0.0526. The first-order chi connectivity index (χ1) is 7.13. The average Bonchev–Trinajstić information content (AvgIpc) is 2.18. The molecule has 1 aromatic carbocycles. The van der Waals surface area contributed by atoms with E-state index < -0.39 is 12.1 Å². The summed E-state index contributed by atoms with van der Waals surface area (Å²) in [7, 11) is 0. The molecule has 0 spiro atoms. The zero-order valence-corrected chi connectivity index (χ0v) is 8.23. The Hall–Kier alpha value is -2.04. The predicted molar refractivity (Wildman–Crippen MR) is 52.6 cm³/mol. The molecule has 0 saturated heterocycles. The van der Waals surface area contributed by atoms with Gasteiger partial charge in [0, 0.05) is 0 Å². The molecule has 2 N–H and O–H groups in total. The molecule has 0 bridgehead atoms. The lowest BCUT2D eigenvalue weighted by atomic mass is 10.2. The molecular weight excluding hydrogens is 198 g/mol. The standard InChI is InChI=1S/C10H11NO4/c1-2-14-9(12)7-3-5-8(6-4-7)15-10(11)13/h3-6H,2H2,1H3,(H2,11,13). The largest absolute Gasteiger partial charge is 0.462 e. The van der Waals surface area contributed by atoms with Crippen molar-refractivity contribution in [3.8, 4) is 5.75 Å². The number of primary amides is 1. The molecule has 0 aliphatic heterocycles. The summed E-state index contributed by atoms with van der Waals surface area (Å²) >= 11 is 0. The number of hydrogen-bond donors (Lipinski definition) is 1. The second-order valence-corrected chi connectivity index (χ2v) is 2.67. The molecule has 0 saturated carbocycles. The van der Waals surface area contributed by atoms with Crippen LogP contribution >= 0.6 is 0 Å². The van der Waals surface area contributed by atoms with Crippen LogP contribution in [0.5, 0.6) is 5.75 Å².